The van der Waals surface area contributed by atoms with Crippen LogP contribution < -0.4 is 4.74 Å². The van der Waals surface area contributed by atoms with Crippen LogP contribution in [0.1, 0.15) is 61.6 Å². The second-order valence-electron chi connectivity index (χ2n) is 9.46. The fraction of sp³-hybridized carbons (Fsp3) is 0.400. The van der Waals surface area contributed by atoms with Gasteiger partial charge in [0.25, 0.3) is 0 Å². The number of methoxy groups -OCH3 is 1. The molecule has 4 rings (SSSR count). The lowest BCUT2D eigenvalue weighted by Gasteiger charge is -2.29. The summed E-state index contributed by atoms with van der Waals surface area (Å²) in [6, 6.07) is 13.4. The van der Waals surface area contributed by atoms with Crippen LogP contribution in [0.25, 0.3) is 11.1 Å². The fourth-order valence-electron chi connectivity index (χ4n) is 5.14. The summed E-state index contributed by atoms with van der Waals surface area (Å²) in [4.78, 5) is 0. The quantitative estimate of drug-likeness (QED) is 0.275. The molecule has 0 unspecified atom stereocenters. The number of benzene rings is 3. The normalized spacial score (nSPS) is 17.8. The van der Waals surface area contributed by atoms with Crippen LogP contribution in [0.2, 0.25) is 0 Å². The maximum absolute atomic E-state index is 15.1. The van der Waals surface area contributed by atoms with Gasteiger partial charge in [0.1, 0.15) is 5.75 Å². The molecule has 2 nitrogen and oxygen atoms in total. The zero-order valence-electron chi connectivity index (χ0n) is 20.8. The zero-order valence-corrected chi connectivity index (χ0v) is 20.8. The third-order valence-electron chi connectivity index (χ3n) is 7.33. The van der Waals surface area contributed by atoms with Crippen LogP contribution in [-0.4, -0.2) is 13.7 Å². The average molecular weight is 501 g/mol. The van der Waals surface area contributed by atoms with Crippen LogP contribution in [0.5, 0.6) is 5.75 Å². The molecule has 0 heterocycles. The second kappa shape index (κ2) is 11.9. The molecule has 0 radical (unpaired) electrons. The van der Waals surface area contributed by atoms with Crippen molar-refractivity contribution >= 4 is 0 Å². The Kier molecular flexibility index (Phi) is 8.68. The lowest BCUT2D eigenvalue weighted by Crippen LogP contribution is -2.16. The third kappa shape index (κ3) is 5.75. The molecule has 3 aromatic rings. The van der Waals surface area contributed by atoms with Crippen LogP contribution in [0.15, 0.2) is 48.5 Å². The van der Waals surface area contributed by atoms with E-state index in [1.165, 1.54) is 0 Å². The Morgan fingerprint density at radius 3 is 2.08 bits per heavy atom. The first-order valence-corrected chi connectivity index (χ1v) is 12.6. The molecule has 36 heavy (non-hydrogen) atoms. The largest absolute Gasteiger partial charge is 0.497 e. The number of aryl methyl sites for hydroxylation is 1. The van der Waals surface area contributed by atoms with Crippen molar-refractivity contribution in [3.05, 3.63) is 88.5 Å². The molecule has 192 valence electrons. The standard InChI is InChI=1S/C30H32F4O2/c1-3-36-18-23-11-10-22(27(31)28(23)32)9-6-19-4-7-20(8-5-19)25-16-17-26(30(34)29(25)33)21-12-14-24(35-2)15-13-21/h10-17,19-20H,3-9,18H2,1-2H3. The van der Waals surface area contributed by atoms with E-state index in [0.717, 1.165) is 32.1 Å². The summed E-state index contributed by atoms with van der Waals surface area (Å²) in [5.74, 6) is -2.29. The van der Waals surface area contributed by atoms with Crippen molar-refractivity contribution in [2.24, 2.45) is 5.92 Å². The summed E-state index contributed by atoms with van der Waals surface area (Å²) in [5.41, 5.74) is 1.84. The molecule has 0 aliphatic heterocycles. The minimum absolute atomic E-state index is 0.0484. The van der Waals surface area contributed by atoms with E-state index in [1.807, 2.05) is 0 Å². The molecule has 0 amide bonds. The van der Waals surface area contributed by atoms with Gasteiger partial charge in [0.2, 0.25) is 0 Å². The van der Waals surface area contributed by atoms with E-state index >= 15 is 4.39 Å². The molecule has 0 bridgehead atoms. The molecule has 1 aliphatic carbocycles. The summed E-state index contributed by atoms with van der Waals surface area (Å²) in [6.07, 6.45) is 4.37. The van der Waals surface area contributed by atoms with Crippen LogP contribution in [-0.2, 0) is 17.8 Å². The molecule has 0 spiro atoms. The van der Waals surface area contributed by atoms with Gasteiger partial charge in [0.05, 0.1) is 13.7 Å². The highest BCUT2D eigenvalue weighted by atomic mass is 19.2. The first-order chi connectivity index (χ1) is 17.4. The molecule has 0 N–H and O–H groups in total. The summed E-state index contributed by atoms with van der Waals surface area (Å²) < 4.78 is 69.1. The Hall–Kier alpha value is -2.86. The van der Waals surface area contributed by atoms with E-state index in [4.69, 9.17) is 9.47 Å². The minimum Gasteiger partial charge on any atom is -0.497 e. The zero-order chi connectivity index (χ0) is 25.7. The Morgan fingerprint density at radius 2 is 1.42 bits per heavy atom. The summed E-state index contributed by atoms with van der Waals surface area (Å²) in [7, 11) is 1.55. The lowest BCUT2D eigenvalue weighted by molar-refractivity contribution is 0.131. The van der Waals surface area contributed by atoms with Crippen molar-refractivity contribution in [1.29, 1.82) is 0 Å². The van der Waals surface area contributed by atoms with Gasteiger partial charge in [-0.3, -0.25) is 0 Å². The number of hydrogen-bond acceptors (Lipinski definition) is 2. The molecule has 1 saturated carbocycles. The second-order valence-corrected chi connectivity index (χ2v) is 9.46. The molecule has 6 heteroatoms. The number of halogens is 4. The van der Waals surface area contributed by atoms with Gasteiger partial charge in [0.15, 0.2) is 23.3 Å². The molecular formula is C30H32F4O2. The van der Waals surface area contributed by atoms with Crippen molar-refractivity contribution in [3.63, 3.8) is 0 Å². The highest BCUT2D eigenvalue weighted by molar-refractivity contribution is 5.65. The first-order valence-electron chi connectivity index (χ1n) is 12.6. The Labute approximate surface area is 210 Å². The fourth-order valence-corrected chi connectivity index (χ4v) is 5.14. The molecule has 3 aromatic carbocycles. The maximum Gasteiger partial charge on any atom is 0.166 e. The topological polar surface area (TPSA) is 18.5 Å². The van der Waals surface area contributed by atoms with E-state index in [1.54, 1.807) is 62.6 Å². The van der Waals surface area contributed by atoms with E-state index in [9.17, 15) is 13.2 Å². The van der Waals surface area contributed by atoms with Crippen LogP contribution in [0.4, 0.5) is 17.6 Å². The molecule has 1 aliphatic rings. The van der Waals surface area contributed by atoms with Gasteiger partial charge in [-0.2, -0.15) is 0 Å². The van der Waals surface area contributed by atoms with Crippen molar-refractivity contribution < 1.29 is 27.0 Å². The van der Waals surface area contributed by atoms with E-state index in [0.29, 0.717) is 41.4 Å². The number of rotatable bonds is 9. The monoisotopic (exact) mass is 500 g/mol. The third-order valence-corrected chi connectivity index (χ3v) is 7.33. The first kappa shape index (κ1) is 26.2. The van der Waals surface area contributed by atoms with Crippen LogP contribution >= 0.6 is 0 Å². The van der Waals surface area contributed by atoms with Crippen LogP contribution in [0.3, 0.4) is 0 Å². The Morgan fingerprint density at radius 1 is 0.750 bits per heavy atom. The van der Waals surface area contributed by atoms with Crippen molar-refractivity contribution in [2.75, 3.05) is 13.7 Å². The molecule has 0 atom stereocenters. The Balaban J connectivity index is 1.35. The van der Waals surface area contributed by atoms with E-state index < -0.39 is 23.3 Å². The van der Waals surface area contributed by atoms with Gasteiger partial charge in [-0.15, -0.1) is 0 Å². The SMILES string of the molecule is CCOCc1ccc(CCC2CCC(c3ccc(-c4ccc(OC)cc4)c(F)c3F)CC2)c(F)c1F. The predicted octanol–water partition coefficient (Wildman–Crippen LogP) is 8.36. The highest BCUT2D eigenvalue weighted by Crippen LogP contribution is 2.40. The minimum atomic E-state index is -0.833. The number of hydrogen-bond donors (Lipinski definition) is 0. The Bertz CT molecular complexity index is 1170. The van der Waals surface area contributed by atoms with Gasteiger partial charge in [0, 0.05) is 17.7 Å². The molecular weight excluding hydrogens is 468 g/mol. The highest BCUT2D eigenvalue weighted by Gasteiger charge is 2.27. The van der Waals surface area contributed by atoms with Gasteiger partial charge < -0.3 is 9.47 Å². The van der Waals surface area contributed by atoms with Crippen molar-refractivity contribution in [2.45, 2.75) is 58.0 Å². The van der Waals surface area contributed by atoms with Gasteiger partial charge in [-0.25, -0.2) is 17.6 Å². The number of ether oxygens (including phenoxy) is 2. The van der Waals surface area contributed by atoms with E-state index in [2.05, 4.69) is 0 Å². The summed E-state index contributed by atoms with van der Waals surface area (Å²) in [5, 5.41) is 0. The van der Waals surface area contributed by atoms with E-state index in [-0.39, 0.29) is 23.7 Å². The molecule has 1 fully saturated rings. The summed E-state index contributed by atoms with van der Waals surface area (Å²) >= 11 is 0. The van der Waals surface area contributed by atoms with Gasteiger partial charge >= 0.3 is 0 Å². The average Bonchev–Trinajstić information content (AvgIpc) is 2.91. The molecule has 0 aromatic heterocycles. The van der Waals surface area contributed by atoms with Crippen LogP contribution in [0, 0.1) is 29.2 Å². The lowest BCUT2D eigenvalue weighted by atomic mass is 9.76. The smallest absolute Gasteiger partial charge is 0.166 e. The van der Waals surface area contributed by atoms with Crippen molar-refractivity contribution in [1.82, 2.24) is 0 Å². The maximum atomic E-state index is 15.1. The summed E-state index contributed by atoms with van der Waals surface area (Å²) in [6.45, 7) is 2.30. The molecule has 0 saturated heterocycles. The van der Waals surface area contributed by atoms with Gasteiger partial charge in [-0.05, 0) is 86.1 Å². The predicted molar refractivity (Wildman–Crippen MR) is 133 cm³/mol. The van der Waals surface area contributed by atoms with Gasteiger partial charge in [-0.1, -0.05) is 36.4 Å². The van der Waals surface area contributed by atoms with Crippen molar-refractivity contribution in [3.8, 4) is 16.9 Å².